The maximum Gasteiger partial charge on any atom is 0.357 e. The fourth-order valence-corrected chi connectivity index (χ4v) is 0.547. The number of rotatable bonds is 1. The minimum absolute atomic E-state index is 0.145. The van der Waals surface area contributed by atoms with E-state index in [0.717, 1.165) is 6.26 Å². The average Bonchev–Trinajstić information content (AvgIpc) is 1.86. The van der Waals surface area contributed by atoms with E-state index in [1.54, 1.807) is 6.92 Å². The van der Waals surface area contributed by atoms with Crippen molar-refractivity contribution in [3.05, 3.63) is 12.0 Å². The van der Waals surface area contributed by atoms with Gasteiger partial charge in [-0.05, 0) is 6.92 Å². The highest BCUT2D eigenvalue weighted by atomic mass is 16.5. The Hall–Kier alpha value is -1.26. The highest BCUT2D eigenvalue weighted by Crippen LogP contribution is 2.11. The summed E-state index contributed by atoms with van der Waals surface area (Å²) in [6, 6.07) is 0. The molecule has 0 aromatic rings. The number of carboxylic acid groups (broad SMARTS) is 1. The van der Waals surface area contributed by atoms with E-state index in [1.807, 2.05) is 0 Å². The summed E-state index contributed by atoms with van der Waals surface area (Å²) >= 11 is 0. The minimum atomic E-state index is -1.13. The van der Waals surface area contributed by atoms with Crippen LogP contribution in [0.2, 0.25) is 0 Å². The molecule has 1 atom stereocenters. The fourth-order valence-electron chi connectivity index (χ4n) is 0.547. The maximum atomic E-state index is 10.3. The molecule has 0 aromatic carbocycles. The molecule has 1 unspecified atom stereocenters. The molecule has 0 spiro atoms. The van der Waals surface area contributed by atoms with Crippen LogP contribution in [-0.4, -0.2) is 30.6 Å². The number of hydrogen-bond donors (Lipinski definition) is 1. The smallest absolute Gasteiger partial charge is 0.357 e. The number of aliphatic carboxylic acids is 1. The standard InChI is InChI=1S/C6H6BNO3/c1-6(7)3-8-4(2-11-6)5(9)10/h2-3H,1H3,(H,9,10). The van der Waals surface area contributed by atoms with E-state index in [4.69, 9.17) is 17.7 Å². The van der Waals surface area contributed by atoms with Gasteiger partial charge in [0.2, 0.25) is 0 Å². The van der Waals surface area contributed by atoms with E-state index in [1.165, 1.54) is 6.21 Å². The third-order valence-electron chi connectivity index (χ3n) is 1.10. The molecular formula is C6H6BNO3. The molecule has 0 fully saturated rings. The minimum Gasteiger partial charge on any atom is -0.497 e. The molecule has 0 aliphatic carbocycles. The molecule has 4 nitrogen and oxygen atoms in total. The molecule has 1 heterocycles. The zero-order valence-corrected chi connectivity index (χ0v) is 5.94. The normalized spacial score (nSPS) is 29.0. The van der Waals surface area contributed by atoms with Gasteiger partial charge in [-0.2, -0.15) is 0 Å². The summed E-state index contributed by atoms with van der Waals surface area (Å²) in [5, 5.41) is 8.41. The van der Waals surface area contributed by atoms with Crippen molar-refractivity contribution in [2.24, 2.45) is 4.99 Å². The second-order valence-corrected chi connectivity index (χ2v) is 2.37. The molecule has 11 heavy (non-hydrogen) atoms. The first-order chi connectivity index (χ1) is 5.01. The lowest BCUT2D eigenvalue weighted by atomic mass is 9.84. The summed E-state index contributed by atoms with van der Waals surface area (Å²) in [5.41, 5.74) is -1.13. The Balaban J connectivity index is 2.75. The Kier molecular flexibility index (Phi) is 1.72. The number of aliphatic imine (C=N–C) groups is 1. The Bertz CT molecular complexity index is 244. The highest BCUT2D eigenvalue weighted by molar-refractivity contribution is 6.24. The lowest BCUT2D eigenvalue weighted by Crippen LogP contribution is -2.31. The number of ether oxygens (including phenoxy) is 1. The average molecular weight is 151 g/mol. The largest absolute Gasteiger partial charge is 0.497 e. The van der Waals surface area contributed by atoms with Gasteiger partial charge in [-0.1, -0.05) is 0 Å². The van der Waals surface area contributed by atoms with E-state index >= 15 is 0 Å². The Morgan fingerprint density at radius 2 is 2.55 bits per heavy atom. The van der Waals surface area contributed by atoms with Gasteiger partial charge >= 0.3 is 5.97 Å². The van der Waals surface area contributed by atoms with Crippen LogP contribution in [0.15, 0.2) is 17.0 Å². The van der Waals surface area contributed by atoms with Crippen LogP contribution < -0.4 is 0 Å². The summed E-state index contributed by atoms with van der Waals surface area (Å²) in [6.07, 6.45) is 2.28. The number of hydrogen-bond acceptors (Lipinski definition) is 3. The predicted molar refractivity (Wildman–Crippen MR) is 39.5 cm³/mol. The van der Waals surface area contributed by atoms with Crippen molar-refractivity contribution < 1.29 is 14.6 Å². The van der Waals surface area contributed by atoms with Crippen molar-refractivity contribution in [1.29, 1.82) is 0 Å². The molecule has 2 radical (unpaired) electrons. The van der Waals surface area contributed by atoms with Crippen LogP contribution in [-0.2, 0) is 9.53 Å². The van der Waals surface area contributed by atoms with Gasteiger partial charge in [0, 0.05) is 6.21 Å². The topological polar surface area (TPSA) is 58.9 Å². The quantitative estimate of drug-likeness (QED) is 0.532. The Morgan fingerprint density at radius 3 is 2.91 bits per heavy atom. The third kappa shape index (κ3) is 1.83. The van der Waals surface area contributed by atoms with Crippen LogP contribution in [0.4, 0.5) is 0 Å². The lowest BCUT2D eigenvalue weighted by molar-refractivity contribution is -0.132. The molecule has 1 rings (SSSR count). The predicted octanol–water partition coefficient (Wildman–Crippen LogP) is -0.102. The zero-order chi connectivity index (χ0) is 8.48. The molecule has 1 aliphatic rings. The van der Waals surface area contributed by atoms with Gasteiger partial charge in [-0.15, -0.1) is 0 Å². The molecule has 0 aromatic heterocycles. The van der Waals surface area contributed by atoms with E-state index in [9.17, 15) is 4.79 Å². The summed E-state index contributed by atoms with van der Waals surface area (Å²) in [4.78, 5) is 13.8. The van der Waals surface area contributed by atoms with E-state index in [2.05, 4.69) is 4.99 Å². The van der Waals surface area contributed by atoms with Gasteiger partial charge in [0.1, 0.15) is 14.1 Å². The van der Waals surface area contributed by atoms with Crippen molar-refractivity contribution >= 4 is 20.0 Å². The van der Waals surface area contributed by atoms with Crippen molar-refractivity contribution in [1.82, 2.24) is 0 Å². The third-order valence-corrected chi connectivity index (χ3v) is 1.10. The summed E-state index contributed by atoms with van der Waals surface area (Å²) in [5.74, 6) is -1.13. The lowest BCUT2D eigenvalue weighted by Gasteiger charge is -2.22. The van der Waals surface area contributed by atoms with E-state index in [-0.39, 0.29) is 5.70 Å². The molecule has 5 heteroatoms. The molecule has 0 bridgehead atoms. The summed E-state index contributed by atoms with van der Waals surface area (Å²) in [7, 11) is 5.43. The Morgan fingerprint density at radius 1 is 1.91 bits per heavy atom. The van der Waals surface area contributed by atoms with Gasteiger partial charge in [0.05, 0.1) is 5.50 Å². The maximum absolute atomic E-state index is 10.3. The first-order valence-electron chi connectivity index (χ1n) is 2.97. The molecular weight excluding hydrogens is 145 g/mol. The van der Waals surface area contributed by atoms with Gasteiger partial charge in [0.15, 0.2) is 5.70 Å². The van der Waals surface area contributed by atoms with Crippen LogP contribution >= 0.6 is 0 Å². The molecule has 1 aliphatic heterocycles. The van der Waals surface area contributed by atoms with E-state index < -0.39 is 11.5 Å². The molecule has 56 valence electrons. The summed E-state index contributed by atoms with van der Waals surface area (Å²) in [6.45, 7) is 1.58. The molecule has 0 amide bonds. The number of carboxylic acids is 1. The fraction of sp³-hybridized carbons (Fsp3) is 0.333. The van der Waals surface area contributed by atoms with Crippen molar-refractivity contribution in [3.63, 3.8) is 0 Å². The number of nitrogens with zero attached hydrogens (tertiary/aromatic N) is 1. The summed E-state index contributed by atoms with van der Waals surface area (Å²) < 4.78 is 4.82. The van der Waals surface area contributed by atoms with Crippen LogP contribution in [0.3, 0.4) is 0 Å². The van der Waals surface area contributed by atoms with Crippen LogP contribution in [0.5, 0.6) is 0 Å². The monoisotopic (exact) mass is 151 g/mol. The van der Waals surface area contributed by atoms with Crippen LogP contribution in [0.1, 0.15) is 6.92 Å². The van der Waals surface area contributed by atoms with Crippen molar-refractivity contribution in [2.45, 2.75) is 12.4 Å². The highest BCUT2D eigenvalue weighted by Gasteiger charge is 2.20. The van der Waals surface area contributed by atoms with Gasteiger partial charge in [-0.3, -0.25) is 0 Å². The Labute approximate surface area is 65.0 Å². The SMILES string of the molecule is [B]C1(C)C=NC(C(=O)O)=CO1. The molecule has 0 saturated carbocycles. The van der Waals surface area contributed by atoms with E-state index in [0.29, 0.717) is 0 Å². The zero-order valence-electron chi connectivity index (χ0n) is 5.94. The van der Waals surface area contributed by atoms with Gasteiger partial charge in [-0.25, -0.2) is 9.79 Å². The first-order valence-corrected chi connectivity index (χ1v) is 2.97. The second-order valence-electron chi connectivity index (χ2n) is 2.37. The van der Waals surface area contributed by atoms with Crippen molar-refractivity contribution in [3.8, 4) is 0 Å². The number of carbonyl (C=O) groups is 1. The molecule has 1 N–H and O–H groups in total. The van der Waals surface area contributed by atoms with Crippen LogP contribution in [0.25, 0.3) is 0 Å². The van der Waals surface area contributed by atoms with Gasteiger partial charge in [0.25, 0.3) is 0 Å². The first kappa shape index (κ1) is 7.85. The van der Waals surface area contributed by atoms with Gasteiger partial charge < -0.3 is 9.84 Å². The second kappa shape index (κ2) is 2.41. The molecule has 0 saturated heterocycles. The van der Waals surface area contributed by atoms with Crippen molar-refractivity contribution in [2.75, 3.05) is 0 Å². The van der Waals surface area contributed by atoms with Crippen LogP contribution in [0, 0.1) is 0 Å².